The van der Waals surface area contributed by atoms with E-state index >= 15 is 0 Å². The summed E-state index contributed by atoms with van der Waals surface area (Å²) in [5.41, 5.74) is 0. The highest BCUT2D eigenvalue weighted by Gasteiger charge is 1.91. The van der Waals surface area contributed by atoms with E-state index in [0.717, 1.165) is 0 Å². The fourth-order valence-electron chi connectivity index (χ4n) is 0.429. The fourth-order valence-corrected chi connectivity index (χ4v) is 0.429. The predicted molar refractivity (Wildman–Crippen MR) is 25.7 cm³/mol. The van der Waals surface area contributed by atoms with Crippen molar-refractivity contribution in [2.75, 3.05) is 26.1 Å². The van der Waals surface area contributed by atoms with Crippen LogP contribution in [0.2, 0.25) is 0 Å². The Morgan fingerprint density at radius 2 is 1.67 bits per heavy atom. The molecule has 0 bridgehead atoms. The molecule has 1 aliphatic rings. The summed E-state index contributed by atoms with van der Waals surface area (Å²) >= 11 is 0. The van der Waals surface area contributed by atoms with Crippen LogP contribution in [0.3, 0.4) is 0 Å². The van der Waals surface area contributed by atoms with Crippen LogP contribution in [-0.4, -0.2) is 26.1 Å². The lowest BCUT2D eigenvalue weighted by Gasteiger charge is -2.11. The molecule has 0 aliphatic carbocycles. The van der Waals surface area contributed by atoms with E-state index in [1.54, 1.807) is 0 Å². The van der Waals surface area contributed by atoms with Crippen LogP contribution in [0, 0.1) is 0 Å². The van der Waals surface area contributed by atoms with Crippen LogP contribution in [0.25, 0.3) is 0 Å². The molecule has 0 aromatic rings. The second-order valence-electron chi connectivity index (χ2n) is 1.22. The van der Waals surface area contributed by atoms with Gasteiger partial charge in [-0.05, 0) is 0 Å². The highest BCUT2D eigenvalue weighted by Crippen LogP contribution is 1.65. The van der Waals surface area contributed by atoms with Gasteiger partial charge in [0.1, 0.15) is 0 Å². The number of nitrogens with one attached hydrogen (secondary N) is 2. The first-order valence-corrected chi connectivity index (χ1v) is 2.10. The largest absolute Gasteiger partial charge is 0.314 e. The third-order valence-electron chi connectivity index (χ3n) is 0.729. The Morgan fingerprint density at radius 3 is 2.00 bits per heavy atom. The summed E-state index contributed by atoms with van der Waals surface area (Å²) in [5, 5.41) is 5.70. The Hall–Kier alpha value is -0.0800. The van der Waals surface area contributed by atoms with Gasteiger partial charge in [-0.3, -0.25) is 0 Å². The van der Waals surface area contributed by atoms with Gasteiger partial charge >= 0.3 is 0 Å². The quantitative estimate of drug-likeness (QED) is 0.404. The van der Waals surface area contributed by atoms with E-state index in [1.165, 1.54) is 0 Å². The van der Waals surface area contributed by atoms with Gasteiger partial charge in [0.15, 0.2) is 0 Å². The lowest BCUT2D eigenvalue weighted by Crippen LogP contribution is -2.39. The molecule has 1 aliphatic heterocycles. The van der Waals surface area contributed by atoms with Gasteiger partial charge < -0.3 is 10.6 Å². The van der Waals surface area contributed by atoms with Gasteiger partial charge in [0.2, 0.25) is 0 Å². The molecule has 2 nitrogen and oxygen atoms in total. The van der Waals surface area contributed by atoms with Gasteiger partial charge in [-0.1, -0.05) is 0 Å². The Balaban J connectivity index is 2.19. The molecule has 2 unspecified atom stereocenters. The van der Waals surface area contributed by atoms with Crippen LogP contribution in [0.5, 0.6) is 0 Å². The van der Waals surface area contributed by atoms with Crippen molar-refractivity contribution in [1.82, 2.24) is 10.6 Å². The molecule has 0 saturated carbocycles. The van der Waals surface area contributed by atoms with E-state index < -0.39 is 0 Å². The molecule has 1 heterocycles. The third-order valence-corrected chi connectivity index (χ3v) is 0.729. The molecule has 0 radical (unpaired) electrons. The molecule has 6 heavy (non-hydrogen) atoms. The van der Waals surface area contributed by atoms with Crippen molar-refractivity contribution in [2.24, 2.45) is 0 Å². The minimum absolute atomic E-state index is 0.211. The normalized spacial score (nSPS) is 53.3. The lowest BCUT2D eigenvalue weighted by molar-refractivity contribution is 0.534. The van der Waals surface area contributed by atoms with Crippen LogP contribution in [0.15, 0.2) is 0 Å². The van der Waals surface area contributed by atoms with E-state index in [1.807, 2.05) is 0 Å². The summed E-state index contributed by atoms with van der Waals surface area (Å²) in [6.07, 6.45) is 0. The van der Waals surface area contributed by atoms with Crippen LogP contribution in [0.1, 0.15) is 2.74 Å². The van der Waals surface area contributed by atoms with Crippen molar-refractivity contribution in [3.63, 3.8) is 0 Å². The fraction of sp³-hybridized carbons (Fsp3) is 1.00. The molecule has 36 valence electrons. The number of hydrogen-bond acceptors (Lipinski definition) is 2. The van der Waals surface area contributed by atoms with E-state index in [0.29, 0.717) is 13.1 Å². The molecule has 0 amide bonds. The Labute approximate surface area is 40.7 Å². The maximum absolute atomic E-state index is 7.10. The molecule has 2 heteroatoms. The summed E-state index contributed by atoms with van der Waals surface area (Å²) in [5.74, 6) is 0. The number of piperazine rings is 1. The summed E-state index contributed by atoms with van der Waals surface area (Å²) in [7, 11) is 0. The molecule has 0 aromatic heterocycles. The molecule has 0 aromatic carbocycles. The second-order valence-corrected chi connectivity index (χ2v) is 1.22. The van der Waals surface area contributed by atoms with Gasteiger partial charge in [-0.25, -0.2) is 0 Å². The Morgan fingerprint density at radius 1 is 1.17 bits per heavy atom. The highest BCUT2D eigenvalue weighted by atomic mass is 15.0. The Kier molecular flexibility index (Phi) is 0.821. The molecular weight excluding hydrogens is 76.1 g/mol. The average molecular weight is 88.2 g/mol. The monoisotopic (exact) mass is 88.1 g/mol. The summed E-state index contributed by atoms with van der Waals surface area (Å²) in [6.45, 7) is 0.760. The number of hydrogen-bond donors (Lipinski definition) is 2. The Bertz CT molecular complexity index is 60.4. The van der Waals surface area contributed by atoms with Crippen LogP contribution in [0.4, 0.5) is 0 Å². The van der Waals surface area contributed by atoms with Gasteiger partial charge in [0.25, 0.3) is 0 Å². The van der Waals surface area contributed by atoms with Crippen molar-refractivity contribution >= 4 is 0 Å². The average Bonchev–Trinajstić information content (AvgIpc) is 1.77. The SMILES string of the molecule is [2H]C1CNC([2H])CN1. The van der Waals surface area contributed by atoms with Crippen LogP contribution in [-0.2, 0) is 0 Å². The van der Waals surface area contributed by atoms with Crippen molar-refractivity contribution < 1.29 is 2.74 Å². The van der Waals surface area contributed by atoms with Crippen molar-refractivity contribution in [3.05, 3.63) is 0 Å². The molecule has 0 spiro atoms. The summed E-state index contributed by atoms with van der Waals surface area (Å²) in [6, 6.07) is 0. The van der Waals surface area contributed by atoms with Gasteiger partial charge in [0.05, 0.1) is 0 Å². The van der Waals surface area contributed by atoms with Crippen LogP contribution >= 0.6 is 0 Å². The zero-order valence-electron chi connectivity index (χ0n) is 5.57. The topological polar surface area (TPSA) is 24.1 Å². The molecule has 2 atom stereocenters. The van der Waals surface area contributed by atoms with Crippen molar-refractivity contribution in [3.8, 4) is 0 Å². The maximum Gasteiger partial charge on any atom is 0.0441 e. The van der Waals surface area contributed by atoms with E-state index in [-0.39, 0.29) is 13.0 Å². The van der Waals surface area contributed by atoms with E-state index in [2.05, 4.69) is 10.6 Å². The zero-order chi connectivity index (χ0) is 5.98. The molecule has 1 rings (SSSR count). The maximum atomic E-state index is 7.10. The molecule has 2 N–H and O–H groups in total. The number of rotatable bonds is 0. The zero-order valence-corrected chi connectivity index (χ0v) is 3.57. The first-order valence-electron chi connectivity index (χ1n) is 3.26. The standard InChI is InChI=1S/C4H10N2/c1-2-6-4-3-5-1/h5-6H,1-4H2/i1D,4D. The van der Waals surface area contributed by atoms with Crippen molar-refractivity contribution in [2.45, 2.75) is 0 Å². The smallest absolute Gasteiger partial charge is 0.0441 e. The first kappa shape index (κ1) is 2.28. The predicted octanol–water partition coefficient (Wildman–Crippen LogP) is -0.821. The third kappa shape index (κ3) is 0.954. The molecule has 1 fully saturated rings. The summed E-state index contributed by atoms with van der Waals surface area (Å²) in [4.78, 5) is 0. The minimum atomic E-state index is -0.211. The first-order chi connectivity index (χ1) is 3.79. The highest BCUT2D eigenvalue weighted by molar-refractivity contribution is 4.59. The molecular formula is C4H10N2. The van der Waals surface area contributed by atoms with Crippen molar-refractivity contribution in [1.29, 1.82) is 0 Å². The van der Waals surface area contributed by atoms with E-state index in [9.17, 15) is 0 Å². The van der Waals surface area contributed by atoms with Gasteiger partial charge in [-0.2, -0.15) is 0 Å². The summed E-state index contributed by atoms with van der Waals surface area (Å²) < 4.78 is 14.2. The minimum Gasteiger partial charge on any atom is -0.314 e. The van der Waals surface area contributed by atoms with Crippen LogP contribution < -0.4 is 10.6 Å². The molecule has 1 saturated heterocycles. The lowest BCUT2D eigenvalue weighted by atomic mass is 10.4. The van der Waals surface area contributed by atoms with Gasteiger partial charge in [0, 0.05) is 28.9 Å². The second kappa shape index (κ2) is 2.16. The van der Waals surface area contributed by atoms with E-state index in [4.69, 9.17) is 2.74 Å². The van der Waals surface area contributed by atoms with Gasteiger partial charge in [-0.15, -0.1) is 0 Å².